The molecule has 1 saturated heterocycles. The van der Waals surface area contributed by atoms with Crippen molar-refractivity contribution in [2.75, 3.05) is 26.2 Å². The van der Waals surface area contributed by atoms with Gasteiger partial charge in [0.1, 0.15) is 0 Å². The highest BCUT2D eigenvalue weighted by molar-refractivity contribution is 5.97. The van der Waals surface area contributed by atoms with Crippen LogP contribution < -0.4 is 5.32 Å². The van der Waals surface area contributed by atoms with Crippen molar-refractivity contribution in [2.45, 2.75) is 19.8 Å². The molecule has 5 heteroatoms. The molecule has 2 heterocycles. The Balaban J connectivity index is 1.49. The number of carbonyl (C=O) groups excluding carboxylic acids is 1. The third kappa shape index (κ3) is 3.42. The van der Waals surface area contributed by atoms with Gasteiger partial charge in [-0.3, -0.25) is 4.79 Å². The highest BCUT2D eigenvalue weighted by atomic mass is 16.1. The molecule has 1 aromatic carbocycles. The summed E-state index contributed by atoms with van der Waals surface area (Å²) in [5, 5.41) is 3.00. The summed E-state index contributed by atoms with van der Waals surface area (Å²) < 4.78 is 0. The number of piperidine rings is 1. The predicted molar refractivity (Wildman–Crippen MR) is 83.3 cm³/mol. The van der Waals surface area contributed by atoms with Crippen LogP contribution in [0.25, 0.3) is 11.0 Å². The second-order valence-electron chi connectivity index (χ2n) is 5.91. The molecule has 1 aromatic heterocycles. The molecule has 0 radical (unpaired) electrons. The zero-order chi connectivity index (χ0) is 14.7. The summed E-state index contributed by atoms with van der Waals surface area (Å²) in [6, 6.07) is 5.54. The van der Waals surface area contributed by atoms with Gasteiger partial charge in [-0.05, 0) is 50.0 Å². The van der Waals surface area contributed by atoms with Crippen LogP contribution in [-0.2, 0) is 0 Å². The van der Waals surface area contributed by atoms with Gasteiger partial charge in [0.05, 0.1) is 17.4 Å². The lowest BCUT2D eigenvalue weighted by Gasteiger charge is -2.30. The minimum atomic E-state index is -0.0168. The number of hydrogen-bond acceptors (Lipinski definition) is 3. The number of likely N-dealkylation sites (tertiary alicyclic amines) is 1. The average molecular weight is 286 g/mol. The largest absolute Gasteiger partial charge is 0.351 e. The number of amides is 1. The molecule has 0 bridgehead atoms. The van der Waals surface area contributed by atoms with Crippen LogP contribution in [0.1, 0.15) is 30.1 Å². The first-order valence-corrected chi connectivity index (χ1v) is 7.66. The number of imidazole rings is 1. The van der Waals surface area contributed by atoms with Crippen molar-refractivity contribution in [1.29, 1.82) is 0 Å². The van der Waals surface area contributed by atoms with E-state index in [0.717, 1.165) is 36.6 Å². The van der Waals surface area contributed by atoms with Crippen LogP contribution >= 0.6 is 0 Å². The molecule has 0 aliphatic carbocycles. The highest BCUT2D eigenvalue weighted by Crippen LogP contribution is 2.15. The molecule has 2 aromatic rings. The maximum Gasteiger partial charge on any atom is 0.251 e. The fourth-order valence-electron chi connectivity index (χ4n) is 2.79. The minimum absolute atomic E-state index is 0.0168. The summed E-state index contributed by atoms with van der Waals surface area (Å²) >= 11 is 0. The van der Waals surface area contributed by atoms with E-state index in [0.29, 0.717) is 12.1 Å². The normalized spacial score (nSPS) is 17.2. The SMILES string of the molecule is CC1CCN(CCNC(=O)c2ccc3nc[nH]c3c2)CC1. The molecular formula is C16H22N4O. The Kier molecular flexibility index (Phi) is 4.20. The van der Waals surface area contributed by atoms with Crippen LogP contribution in [0.4, 0.5) is 0 Å². The third-order valence-electron chi connectivity index (χ3n) is 4.27. The molecule has 5 nitrogen and oxygen atoms in total. The van der Waals surface area contributed by atoms with Crippen LogP contribution in [0.3, 0.4) is 0 Å². The summed E-state index contributed by atoms with van der Waals surface area (Å²) in [5.74, 6) is 0.828. The van der Waals surface area contributed by atoms with Crippen LogP contribution in [0.15, 0.2) is 24.5 Å². The lowest BCUT2D eigenvalue weighted by Crippen LogP contribution is -2.39. The number of hydrogen-bond donors (Lipinski definition) is 2. The first kappa shape index (κ1) is 14.1. The maximum absolute atomic E-state index is 12.1. The van der Waals surface area contributed by atoms with Crippen LogP contribution in [-0.4, -0.2) is 47.0 Å². The Hall–Kier alpha value is -1.88. The average Bonchev–Trinajstić information content (AvgIpc) is 2.96. The molecule has 1 amide bonds. The van der Waals surface area contributed by atoms with E-state index in [2.05, 4.69) is 27.1 Å². The fourth-order valence-corrected chi connectivity index (χ4v) is 2.79. The quantitative estimate of drug-likeness (QED) is 0.904. The Morgan fingerprint density at radius 3 is 3.05 bits per heavy atom. The number of nitrogens with zero attached hydrogens (tertiary/aromatic N) is 2. The highest BCUT2D eigenvalue weighted by Gasteiger charge is 2.15. The number of fused-ring (bicyclic) bond motifs is 1. The monoisotopic (exact) mass is 286 g/mol. The molecule has 2 N–H and O–H groups in total. The van der Waals surface area contributed by atoms with Gasteiger partial charge in [-0.2, -0.15) is 0 Å². The van der Waals surface area contributed by atoms with E-state index in [9.17, 15) is 4.79 Å². The molecule has 0 spiro atoms. The van der Waals surface area contributed by atoms with E-state index in [4.69, 9.17) is 0 Å². The van der Waals surface area contributed by atoms with Gasteiger partial charge in [0.25, 0.3) is 5.91 Å². The molecule has 1 aliphatic rings. The van der Waals surface area contributed by atoms with Gasteiger partial charge in [-0.1, -0.05) is 6.92 Å². The van der Waals surface area contributed by atoms with Gasteiger partial charge < -0.3 is 15.2 Å². The van der Waals surface area contributed by atoms with Gasteiger partial charge in [0, 0.05) is 18.7 Å². The Morgan fingerprint density at radius 1 is 1.43 bits per heavy atom. The first-order chi connectivity index (χ1) is 10.2. The number of H-pyrrole nitrogens is 1. The molecule has 1 fully saturated rings. The summed E-state index contributed by atoms with van der Waals surface area (Å²) in [6.45, 7) is 6.25. The van der Waals surface area contributed by atoms with E-state index in [1.165, 1.54) is 12.8 Å². The van der Waals surface area contributed by atoms with E-state index < -0.39 is 0 Å². The minimum Gasteiger partial charge on any atom is -0.351 e. The first-order valence-electron chi connectivity index (χ1n) is 7.66. The van der Waals surface area contributed by atoms with Gasteiger partial charge in [0.15, 0.2) is 0 Å². The number of rotatable bonds is 4. The number of aromatic nitrogens is 2. The summed E-state index contributed by atoms with van der Waals surface area (Å²) in [5.41, 5.74) is 2.46. The number of carbonyl (C=O) groups is 1. The van der Waals surface area contributed by atoms with Crippen molar-refractivity contribution in [3.63, 3.8) is 0 Å². The molecule has 3 rings (SSSR count). The van der Waals surface area contributed by atoms with E-state index in [1.54, 1.807) is 6.33 Å². The van der Waals surface area contributed by atoms with E-state index in [1.807, 2.05) is 18.2 Å². The summed E-state index contributed by atoms with van der Waals surface area (Å²) in [4.78, 5) is 21.8. The third-order valence-corrected chi connectivity index (χ3v) is 4.27. The van der Waals surface area contributed by atoms with Gasteiger partial charge >= 0.3 is 0 Å². The Morgan fingerprint density at radius 2 is 2.24 bits per heavy atom. The molecule has 0 atom stereocenters. The van der Waals surface area contributed by atoms with Crippen LogP contribution in [0, 0.1) is 5.92 Å². The van der Waals surface area contributed by atoms with Crippen LogP contribution in [0.5, 0.6) is 0 Å². The number of benzene rings is 1. The fraction of sp³-hybridized carbons (Fsp3) is 0.500. The smallest absolute Gasteiger partial charge is 0.251 e. The molecule has 21 heavy (non-hydrogen) atoms. The van der Waals surface area contributed by atoms with E-state index >= 15 is 0 Å². The number of nitrogens with one attached hydrogen (secondary N) is 2. The lowest BCUT2D eigenvalue weighted by atomic mass is 9.99. The number of aromatic amines is 1. The van der Waals surface area contributed by atoms with Crippen molar-refractivity contribution < 1.29 is 4.79 Å². The second kappa shape index (κ2) is 6.26. The molecule has 112 valence electrons. The lowest BCUT2D eigenvalue weighted by molar-refractivity contribution is 0.0944. The molecular weight excluding hydrogens is 264 g/mol. The molecule has 0 unspecified atom stereocenters. The molecule has 0 saturated carbocycles. The zero-order valence-corrected chi connectivity index (χ0v) is 12.4. The van der Waals surface area contributed by atoms with Gasteiger partial charge in [-0.15, -0.1) is 0 Å². The van der Waals surface area contributed by atoms with Crippen molar-refractivity contribution in [3.05, 3.63) is 30.1 Å². The standard InChI is InChI=1S/C16H22N4O/c1-12-4-7-20(8-5-12)9-6-17-16(21)13-2-3-14-15(10-13)19-11-18-14/h2-3,10-12H,4-9H2,1H3,(H,17,21)(H,18,19). The van der Waals surface area contributed by atoms with Crippen molar-refractivity contribution >= 4 is 16.9 Å². The Bertz CT molecular complexity index is 614. The van der Waals surface area contributed by atoms with Crippen molar-refractivity contribution in [3.8, 4) is 0 Å². The van der Waals surface area contributed by atoms with Gasteiger partial charge in [0.2, 0.25) is 0 Å². The maximum atomic E-state index is 12.1. The van der Waals surface area contributed by atoms with Crippen LogP contribution in [0.2, 0.25) is 0 Å². The van der Waals surface area contributed by atoms with E-state index in [-0.39, 0.29) is 5.91 Å². The Labute approximate surface area is 124 Å². The predicted octanol–water partition coefficient (Wildman–Crippen LogP) is 2.02. The summed E-state index contributed by atoms with van der Waals surface area (Å²) in [7, 11) is 0. The summed E-state index contributed by atoms with van der Waals surface area (Å²) in [6.07, 6.45) is 4.18. The van der Waals surface area contributed by atoms with Crippen molar-refractivity contribution in [1.82, 2.24) is 20.2 Å². The van der Waals surface area contributed by atoms with Crippen molar-refractivity contribution in [2.24, 2.45) is 5.92 Å². The zero-order valence-electron chi connectivity index (χ0n) is 12.4. The molecule has 1 aliphatic heterocycles. The topological polar surface area (TPSA) is 61.0 Å². The second-order valence-corrected chi connectivity index (χ2v) is 5.91. The van der Waals surface area contributed by atoms with Gasteiger partial charge in [-0.25, -0.2) is 4.98 Å².